The molecule has 0 bridgehead atoms. The van der Waals surface area contributed by atoms with Gasteiger partial charge in [0, 0.05) is 6.04 Å². The van der Waals surface area contributed by atoms with E-state index in [0.717, 1.165) is 19.4 Å². The average molecular weight is 369 g/mol. The Balaban J connectivity index is 2.42. The van der Waals surface area contributed by atoms with E-state index in [2.05, 4.69) is 17.6 Å². The summed E-state index contributed by atoms with van der Waals surface area (Å²) >= 11 is 0. The fourth-order valence-corrected chi connectivity index (χ4v) is 4.12. The van der Waals surface area contributed by atoms with Gasteiger partial charge in [0.1, 0.15) is 0 Å². The number of rotatable bonds is 10. The highest BCUT2D eigenvalue weighted by molar-refractivity contribution is 4.76. The summed E-state index contributed by atoms with van der Waals surface area (Å²) in [6.07, 6.45) is 22.6. The second kappa shape index (κ2) is 17.0. The van der Waals surface area contributed by atoms with E-state index in [1.54, 1.807) is 0 Å². The number of nitrogens with one attached hydrogen (secondary N) is 2. The third kappa shape index (κ3) is 13.1. The van der Waals surface area contributed by atoms with Gasteiger partial charge in [-0.05, 0) is 32.2 Å². The van der Waals surface area contributed by atoms with Crippen LogP contribution >= 0.6 is 0 Å². The minimum atomic E-state index is 0.122. The summed E-state index contributed by atoms with van der Waals surface area (Å²) in [6, 6.07) is 0.537. The van der Waals surface area contributed by atoms with Crippen molar-refractivity contribution >= 4 is 0 Å². The van der Waals surface area contributed by atoms with Crippen LogP contribution < -0.4 is 22.1 Å². The smallest absolute Gasteiger partial charge is 0.0585 e. The van der Waals surface area contributed by atoms with Crippen molar-refractivity contribution in [2.75, 3.05) is 6.54 Å². The van der Waals surface area contributed by atoms with Gasteiger partial charge in [-0.25, -0.2) is 0 Å². The fraction of sp³-hybridized carbons (Fsp3) is 1.00. The molecule has 1 fully saturated rings. The molecule has 1 aliphatic rings. The van der Waals surface area contributed by atoms with Crippen LogP contribution in [0.25, 0.3) is 0 Å². The monoisotopic (exact) mass is 368 g/mol. The largest absolute Gasteiger partial charge is 0.330 e. The SMILES string of the molecule is CCCCCCCCCC1NC(N)CCCCCCCCC(CCN)N1. The Hall–Kier alpha value is -0.160. The predicted molar refractivity (Wildman–Crippen MR) is 115 cm³/mol. The molecule has 6 N–H and O–H groups in total. The maximum absolute atomic E-state index is 6.37. The van der Waals surface area contributed by atoms with E-state index >= 15 is 0 Å². The Kier molecular flexibility index (Phi) is 15.6. The van der Waals surface area contributed by atoms with Crippen LogP contribution in [0, 0.1) is 0 Å². The van der Waals surface area contributed by atoms with Crippen LogP contribution in [0.1, 0.15) is 116 Å². The van der Waals surface area contributed by atoms with Gasteiger partial charge in [-0.15, -0.1) is 0 Å². The molecule has 4 heteroatoms. The summed E-state index contributed by atoms with van der Waals surface area (Å²) in [6.45, 7) is 3.05. The first-order valence-electron chi connectivity index (χ1n) is 11.7. The molecular formula is C22H48N4. The average Bonchev–Trinajstić information content (AvgIpc) is 2.64. The zero-order valence-corrected chi connectivity index (χ0v) is 17.6. The van der Waals surface area contributed by atoms with Crippen LogP contribution in [-0.4, -0.2) is 24.9 Å². The Labute approximate surface area is 163 Å². The predicted octanol–water partition coefficient (Wildman–Crippen LogP) is 4.77. The van der Waals surface area contributed by atoms with Crippen LogP contribution in [0.2, 0.25) is 0 Å². The van der Waals surface area contributed by atoms with Gasteiger partial charge in [-0.3, -0.25) is 10.6 Å². The quantitative estimate of drug-likeness (QED) is 0.419. The zero-order valence-electron chi connectivity index (χ0n) is 17.6. The summed E-state index contributed by atoms with van der Waals surface area (Å²) in [5.74, 6) is 0. The Morgan fingerprint density at radius 2 is 1.35 bits per heavy atom. The van der Waals surface area contributed by atoms with E-state index in [-0.39, 0.29) is 6.17 Å². The van der Waals surface area contributed by atoms with Gasteiger partial charge in [-0.2, -0.15) is 0 Å². The van der Waals surface area contributed by atoms with Crippen molar-refractivity contribution < 1.29 is 0 Å². The summed E-state index contributed by atoms with van der Waals surface area (Å²) < 4.78 is 0. The highest BCUT2D eigenvalue weighted by Gasteiger charge is 2.17. The van der Waals surface area contributed by atoms with Crippen LogP contribution in [0.15, 0.2) is 0 Å². The zero-order chi connectivity index (χ0) is 18.9. The lowest BCUT2D eigenvalue weighted by Crippen LogP contribution is -2.54. The molecule has 0 amide bonds. The van der Waals surface area contributed by atoms with Crippen molar-refractivity contribution in [3.05, 3.63) is 0 Å². The van der Waals surface area contributed by atoms with Crippen LogP contribution in [-0.2, 0) is 0 Å². The minimum Gasteiger partial charge on any atom is -0.330 e. The molecule has 0 aliphatic carbocycles. The van der Waals surface area contributed by atoms with Crippen LogP contribution in [0.3, 0.4) is 0 Å². The lowest BCUT2D eigenvalue weighted by Gasteiger charge is -2.29. The molecule has 0 saturated carbocycles. The topological polar surface area (TPSA) is 76.1 Å². The van der Waals surface area contributed by atoms with Crippen molar-refractivity contribution in [2.45, 2.75) is 134 Å². The number of nitrogens with two attached hydrogens (primary N) is 2. The molecule has 0 aromatic rings. The molecule has 0 aromatic carbocycles. The van der Waals surface area contributed by atoms with Crippen molar-refractivity contribution in [3.63, 3.8) is 0 Å². The molecule has 1 saturated heterocycles. The lowest BCUT2D eigenvalue weighted by atomic mass is 10.0. The summed E-state index contributed by atoms with van der Waals surface area (Å²) in [7, 11) is 0. The molecule has 26 heavy (non-hydrogen) atoms. The fourth-order valence-electron chi connectivity index (χ4n) is 4.12. The molecule has 0 spiro atoms. The molecule has 1 heterocycles. The summed E-state index contributed by atoms with van der Waals surface area (Å²) in [5.41, 5.74) is 12.2. The number of unbranched alkanes of at least 4 members (excludes halogenated alkanes) is 6. The van der Waals surface area contributed by atoms with Gasteiger partial charge in [0.15, 0.2) is 0 Å². The van der Waals surface area contributed by atoms with Gasteiger partial charge in [0.05, 0.1) is 12.3 Å². The maximum Gasteiger partial charge on any atom is 0.0585 e. The highest BCUT2D eigenvalue weighted by atomic mass is 15.2. The Bertz CT molecular complexity index is 298. The summed E-state index contributed by atoms with van der Waals surface area (Å²) in [5, 5.41) is 7.54. The minimum absolute atomic E-state index is 0.122. The van der Waals surface area contributed by atoms with Crippen molar-refractivity contribution in [1.82, 2.24) is 10.6 Å². The normalized spacial score (nSPS) is 26.7. The van der Waals surface area contributed by atoms with E-state index in [1.807, 2.05) is 0 Å². The third-order valence-corrected chi connectivity index (χ3v) is 5.78. The standard InChI is InChI=1S/C22H48N4/c1-2-3-4-5-6-11-14-17-22-25-20(18-19-23)15-12-9-7-8-10-13-16-21(24)26-22/h20-22,25-26H,2-19,23-24H2,1H3. The molecule has 0 radical (unpaired) electrons. The maximum atomic E-state index is 6.37. The van der Waals surface area contributed by atoms with Gasteiger partial charge in [-0.1, -0.05) is 90.4 Å². The van der Waals surface area contributed by atoms with E-state index in [4.69, 9.17) is 11.5 Å². The highest BCUT2D eigenvalue weighted by Crippen LogP contribution is 2.15. The Morgan fingerprint density at radius 1 is 0.731 bits per heavy atom. The van der Waals surface area contributed by atoms with Gasteiger partial charge < -0.3 is 11.5 Å². The van der Waals surface area contributed by atoms with Gasteiger partial charge in [0.2, 0.25) is 0 Å². The second-order valence-electron chi connectivity index (χ2n) is 8.38. The van der Waals surface area contributed by atoms with E-state index in [9.17, 15) is 0 Å². The van der Waals surface area contributed by atoms with E-state index in [1.165, 1.54) is 96.3 Å². The molecule has 156 valence electrons. The first-order valence-corrected chi connectivity index (χ1v) is 11.7. The van der Waals surface area contributed by atoms with Crippen molar-refractivity contribution in [3.8, 4) is 0 Å². The first kappa shape index (κ1) is 23.9. The first-order chi connectivity index (χ1) is 12.8. The van der Waals surface area contributed by atoms with E-state index < -0.39 is 0 Å². The molecular weight excluding hydrogens is 320 g/mol. The lowest BCUT2D eigenvalue weighted by molar-refractivity contribution is 0.289. The van der Waals surface area contributed by atoms with Gasteiger partial charge in [0.25, 0.3) is 0 Å². The second-order valence-corrected chi connectivity index (χ2v) is 8.38. The molecule has 0 aromatic heterocycles. The molecule has 4 nitrogen and oxygen atoms in total. The van der Waals surface area contributed by atoms with Crippen molar-refractivity contribution in [1.29, 1.82) is 0 Å². The third-order valence-electron chi connectivity index (χ3n) is 5.78. The Morgan fingerprint density at radius 3 is 2.04 bits per heavy atom. The number of hydrogen-bond acceptors (Lipinski definition) is 4. The molecule has 3 unspecified atom stereocenters. The summed E-state index contributed by atoms with van der Waals surface area (Å²) in [4.78, 5) is 0. The van der Waals surface area contributed by atoms with E-state index in [0.29, 0.717) is 12.2 Å². The van der Waals surface area contributed by atoms with Gasteiger partial charge >= 0.3 is 0 Å². The van der Waals surface area contributed by atoms with Crippen molar-refractivity contribution in [2.24, 2.45) is 11.5 Å². The molecule has 1 rings (SSSR count). The van der Waals surface area contributed by atoms with Crippen LogP contribution in [0.4, 0.5) is 0 Å². The molecule has 1 aliphatic heterocycles. The van der Waals surface area contributed by atoms with Crippen LogP contribution in [0.5, 0.6) is 0 Å². The molecule has 3 atom stereocenters. The number of hydrogen-bond donors (Lipinski definition) is 4.